The van der Waals surface area contributed by atoms with Crippen LogP contribution in [0.15, 0.2) is 217 Å². The molecular weight excluding hydrogens is 1220 g/mol. The smallest absolute Gasteiger partial charge is 0.310 e. The molecule has 0 N–H and O–H groups in total. The van der Waals surface area contributed by atoms with Gasteiger partial charge in [0.2, 0.25) is 0 Å². The number of pyridine rings is 1. The van der Waals surface area contributed by atoms with Crippen molar-refractivity contribution in [3.63, 3.8) is 0 Å². The lowest BCUT2D eigenvalue weighted by atomic mass is 9.67. The molecule has 0 bridgehead atoms. The van der Waals surface area contributed by atoms with Crippen LogP contribution in [0.1, 0.15) is 104 Å². The van der Waals surface area contributed by atoms with Gasteiger partial charge in [-0.1, -0.05) is 113 Å². The first-order chi connectivity index (χ1) is 44.7. The van der Waals surface area contributed by atoms with Gasteiger partial charge >= 0.3 is 24.7 Å². The number of alkyl halides is 12. The van der Waals surface area contributed by atoms with Crippen molar-refractivity contribution in [2.45, 2.75) is 88.9 Å². The Morgan fingerprint density at radius 2 is 0.777 bits per heavy atom. The molecule has 11 aromatic rings. The number of halogens is 12. The Balaban J connectivity index is 1.18. The number of fused-ring (bicyclic) bond motifs is 8. The molecule has 18 heteroatoms. The van der Waals surface area contributed by atoms with Gasteiger partial charge in [-0.3, -0.25) is 4.57 Å². The lowest BCUT2D eigenvalue weighted by Crippen LogP contribution is -2.37. The van der Waals surface area contributed by atoms with Crippen molar-refractivity contribution in [3.05, 3.63) is 267 Å². The first-order valence-corrected chi connectivity index (χ1v) is 30.4. The first-order valence-electron chi connectivity index (χ1n) is 30.4. The Hall–Kier alpha value is -10.3. The molecule has 2 aliphatic carbocycles. The van der Waals surface area contributed by atoms with E-state index in [1.807, 2.05) is 109 Å². The summed E-state index contributed by atoms with van der Waals surface area (Å²) in [6.07, 6.45) is -14.2. The lowest BCUT2D eigenvalue weighted by Gasteiger charge is -2.47. The molecule has 470 valence electrons. The zero-order chi connectivity index (χ0) is 65.9. The van der Waals surface area contributed by atoms with Crippen molar-refractivity contribution < 1.29 is 52.7 Å². The summed E-state index contributed by atoms with van der Waals surface area (Å²) in [5, 5.41) is 11.6. The molecule has 0 spiro atoms. The number of benzene rings is 8. The van der Waals surface area contributed by atoms with Gasteiger partial charge < -0.3 is 14.4 Å². The molecule has 5 heterocycles. The highest BCUT2D eigenvalue weighted by atomic mass is 19.4. The average Bonchev–Trinajstić information content (AvgIpc) is 1.13. The van der Waals surface area contributed by atoms with E-state index in [0.29, 0.717) is 48.2 Å². The van der Waals surface area contributed by atoms with Crippen molar-refractivity contribution in [1.29, 1.82) is 5.26 Å². The van der Waals surface area contributed by atoms with Gasteiger partial charge in [-0.05, 0) is 157 Å². The Kier molecular flexibility index (Phi) is 13.3. The topological polar surface area (TPSA) is 53.0 Å². The SMILES string of the molecule is CC1(C)C2=C(C(c3nc(-n4c5ccc(C(F)(F)F)cc5c5cc(C(F)(F)F)ccc54)c(-n4c5ccc(C(F)(F)F)cc5c5cc(C(F)(F)F)ccc54)c(C#N)c3C3=CCCC4=C3N(c3ccccc3)c3ccccc3C4(C)C)=CCC2)N(c2ccccc2)c2ccccc21. The molecule has 0 atom stereocenters. The summed E-state index contributed by atoms with van der Waals surface area (Å²) in [5.41, 5.74) is 2.26. The zero-order valence-electron chi connectivity index (χ0n) is 50.5. The van der Waals surface area contributed by atoms with E-state index in [2.05, 4.69) is 55.7 Å². The molecule has 0 fully saturated rings. The summed E-state index contributed by atoms with van der Waals surface area (Å²) in [6, 6.07) is 47.9. The first kappa shape index (κ1) is 60.0. The van der Waals surface area contributed by atoms with E-state index in [-0.39, 0.29) is 71.9 Å². The van der Waals surface area contributed by atoms with E-state index < -0.39 is 57.8 Å². The third-order valence-corrected chi connectivity index (χ3v) is 19.3. The molecule has 0 saturated carbocycles. The maximum absolute atomic E-state index is 15.1. The van der Waals surface area contributed by atoms with E-state index in [0.717, 1.165) is 118 Å². The highest BCUT2D eigenvalue weighted by molar-refractivity contribution is 6.13. The summed E-state index contributed by atoms with van der Waals surface area (Å²) in [5.74, 6) is -0.302. The van der Waals surface area contributed by atoms with Crippen molar-refractivity contribution in [2.24, 2.45) is 0 Å². The van der Waals surface area contributed by atoms with Crippen molar-refractivity contribution in [2.75, 3.05) is 9.80 Å². The van der Waals surface area contributed by atoms with Crippen molar-refractivity contribution in [3.8, 4) is 17.6 Å². The zero-order valence-corrected chi connectivity index (χ0v) is 50.5. The fourth-order valence-corrected chi connectivity index (χ4v) is 15.0. The molecule has 2 aliphatic heterocycles. The third kappa shape index (κ3) is 9.11. The van der Waals surface area contributed by atoms with Crippen LogP contribution >= 0.6 is 0 Å². The number of rotatable bonds is 6. The van der Waals surface area contributed by atoms with E-state index in [1.54, 1.807) is 0 Å². The fraction of sp³-hybridized carbons (Fsp3) is 0.184. The van der Waals surface area contributed by atoms with Gasteiger partial charge in [-0.2, -0.15) is 57.9 Å². The number of hydrogen-bond donors (Lipinski definition) is 0. The van der Waals surface area contributed by atoms with Gasteiger partial charge in [0.05, 0.1) is 78.3 Å². The highest BCUT2D eigenvalue weighted by Gasteiger charge is 2.47. The number of aromatic nitrogens is 3. The average molecular weight is 1280 g/mol. The summed E-state index contributed by atoms with van der Waals surface area (Å²) in [6.45, 7) is 8.47. The number of nitriles is 1. The minimum absolute atomic E-state index is 0.128. The second kappa shape index (κ2) is 20.9. The maximum atomic E-state index is 15.1. The van der Waals surface area contributed by atoms with Crippen molar-refractivity contribution >= 4 is 77.5 Å². The van der Waals surface area contributed by atoms with Crippen LogP contribution in [0.2, 0.25) is 0 Å². The van der Waals surface area contributed by atoms with E-state index >= 15 is 52.7 Å². The van der Waals surface area contributed by atoms with E-state index in [4.69, 9.17) is 4.98 Å². The molecular formula is C76H52F12N6. The third-order valence-electron chi connectivity index (χ3n) is 19.3. The van der Waals surface area contributed by atoms with Gasteiger partial charge in [-0.15, -0.1) is 0 Å². The van der Waals surface area contributed by atoms with Gasteiger partial charge in [0.25, 0.3) is 0 Å². The predicted octanol–water partition coefficient (Wildman–Crippen LogP) is 22.3. The Labute approximate surface area is 530 Å². The molecule has 4 aliphatic rings. The van der Waals surface area contributed by atoms with Crippen LogP contribution in [0.3, 0.4) is 0 Å². The van der Waals surface area contributed by atoms with Gasteiger partial charge in [0, 0.05) is 60.5 Å². The molecule has 15 rings (SSSR count). The minimum Gasteiger partial charge on any atom is -0.310 e. The fourth-order valence-electron chi connectivity index (χ4n) is 15.0. The summed E-state index contributed by atoms with van der Waals surface area (Å²) >= 11 is 0. The normalized spacial score (nSPS) is 16.5. The second-order valence-corrected chi connectivity index (χ2v) is 25.2. The largest absolute Gasteiger partial charge is 0.416 e. The maximum Gasteiger partial charge on any atom is 0.416 e. The Morgan fingerprint density at radius 3 is 1.16 bits per heavy atom. The summed E-state index contributed by atoms with van der Waals surface area (Å²) < 4.78 is 184. The van der Waals surface area contributed by atoms with Gasteiger partial charge in [0.15, 0.2) is 5.82 Å². The number of nitrogens with zero attached hydrogens (tertiary/aromatic N) is 6. The van der Waals surface area contributed by atoms with Crippen LogP contribution in [0.4, 0.5) is 75.4 Å². The van der Waals surface area contributed by atoms with Crippen LogP contribution < -0.4 is 9.80 Å². The molecule has 0 unspecified atom stereocenters. The molecule has 0 saturated heterocycles. The van der Waals surface area contributed by atoms with Crippen LogP contribution in [0.25, 0.3) is 66.3 Å². The molecule has 8 aromatic carbocycles. The quantitative estimate of drug-likeness (QED) is 0.156. The lowest BCUT2D eigenvalue weighted by molar-refractivity contribution is -0.138. The van der Waals surface area contributed by atoms with Crippen LogP contribution in [-0.4, -0.2) is 14.1 Å². The Bertz CT molecular complexity index is 5070. The highest BCUT2D eigenvalue weighted by Crippen LogP contribution is 2.59. The second-order valence-electron chi connectivity index (χ2n) is 25.2. The molecule has 3 aromatic heterocycles. The minimum atomic E-state index is -5.02. The van der Waals surface area contributed by atoms with E-state index in [9.17, 15) is 5.26 Å². The number of allylic oxidation sites excluding steroid dienone is 6. The van der Waals surface area contributed by atoms with Gasteiger partial charge in [0.1, 0.15) is 11.8 Å². The van der Waals surface area contributed by atoms with Crippen LogP contribution in [0.5, 0.6) is 0 Å². The molecule has 94 heavy (non-hydrogen) atoms. The number of anilines is 4. The summed E-state index contributed by atoms with van der Waals surface area (Å²) in [7, 11) is 0. The van der Waals surface area contributed by atoms with Gasteiger partial charge in [-0.25, -0.2) is 4.98 Å². The van der Waals surface area contributed by atoms with Crippen LogP contribution in [0, 0.1) is 11.3 Å². The molecule has 6 nitrogen and oxygen atoms in total. The number of para-hydroxylation sites is 4. The molecule has 0 radical (unpaired) electrons. The monoisotopic (exact) mass is 1280 g/mol. The Morgan fingerprint density at radius 1 is 0.426 bits per heavy atom. The predicted molar refractivity (Wildman–Crippen MR) is 342 cm³/mol. The van der Waals surface area contributed by atoms with E-state index in [1.165, 1.54) is 9.13 Å². The van der Waals surface area contributed by atoms with Crippen molar-refractivity contribution in [1.82, 2.24) is 14.1 Å². The summed E-state index contributed by atoms with van der Waals surface area (Å²) in [4.78, 5) is 10.1. The molecule has 0 amide bonds. The standard InChI is InChI=1S/C76H52F12N6/c1-71(2)55-23-11-13-27-63(55)91(46-17-7-5-8-18-46)67-48(21-15-25-57(67)71)65-54(41-89)69(93-59-33-29-42(73(77,78)79)37-50(59)51-38-43(74(80,81)82)30-34-60(51)93)70(94-61-35-31-44(75(83,84)85)39-52(61)53-40-45(76(86,87)88)32-36-62(53)94)90-66(65)49-22-16-26-58-68(49)92(47-19-9-6-10-20-47)64-28-14-12-24-56(64)72(58,3)4/h5-14,17-24,27-40H,15-16,25-26H2,1-4H3. The van der Waals surface area contributed by atoms with Crippen LogP contribution in [-0.2, 0) is 35.5 Å². The number of hydrogen-bond acceptors (Lipinski definition) is 4.